The average Bonchev–Trinajstić information content (AvgIpc) is 2.48. The molecular formula is C17H23ClN2. The SMILES string of the molecule is C=C[C@H]1CN2CC[C@H]1C[C@@H]2CNCc1cccc(Cl)c1. The predicted octanol–water partition coefficient (Wildman–Crippen LogP) is 3.33. The van der Waals surface area contributed by atoms with Gasteiger partial charge in [-0.05, 0) is 48.9 Å². The Balaban J connectivity index is 1.49. The molecule has 3 fully saturated rings. The summed E-state index contributed by atoms with van der Waals surface area (Å²) in [5.41, 5.74) is 1.26. The van der Waals surface area contributed by atoms with E-state index in [1.807, 2.05) is 18.2 Å². The maximum Gasteiger partial charge on any atom is 0.0409 e. The van der Waals surface area contributed by atoms with Crippen LogP contribution in [0.2, 0.25) is 5.02 Å². The molecule has 4 rings (SSSR count). The van der Waals surface area contributed by atoms with Gasteiger partial charge in [-0.15, -0.1) is 6.58 Å². The van der Waals surface area contributed by atoms with Gasteiger partial charge in [0.1, 0.15) is 0 Å². The summed E-state index contributed by atoms with van der Waals surface area (Å²) < 4.78 is 0. The number of hydrogen-bond acceptors (Lipinski definition) is 2. The summed E-state index contributed by atoms with van der Waals surface area (Å²) in [6.07, 6.45) is 4.83. The normalized spacial score (nSPS) is 32.2. The highest BCUT2D eigenvalue weighted by Crippen LogP contribution is 2.36. The van der Waals surface area contributed by atoms with Crippen LogP contribution >= 0.6 is 11.6 Å². The largest absolute Gasteiger partial charge is 0.311 e. The van der Waals surface area contributed by atoms with Crippen molar-refractivity contribution in [1.29, 1.82) is 0 Å². The van der Waals surface area contributed by atoms with Gasteiger partial charge in [0, 0.05) is 30.7 Å². The first-order valence-corrected chi connectivity index (χ1v) is 7.96. The quantitative estimate of drug-likeness (QED) is 0.837. The summed E-state index contributed by atoms with van der Waals surface area (Å²) in [4.78, 5) is 2.64. The molecule has 1 aromatic carbocycles. The first-order chi connectivity index (χ1) is 9.76. The second-order valence-corrected chi connectivity index (χ2v) is 6.53. The zero-order valence-electron chi connectivity index (χ0n) is 11.9. The Labute approximate surface area is 126 Å². The molecule has 3 aliphatic heterocycles. The van der Waals surface area contributed by atoms with Gasteiger partial charge < -0.3 is 5.32 Å². The molecule has 1 unspecified atom stereocenters. The van der Waals surface area contributed by atoms with Gasteiger partial charge in [-0.25, -0.2) is 0 Å². The molecule has 0 aromatic heterocycles. The highest BCUT2D eigenvalue weighted by atomic mass is 35.5. The summed E-state index contributed by atoms with van der Waals surface area (Å²) in [7, 11) is 0. The third kappa shape index (κ3) is 3.08. The van der Waals surface area contributed by atoms with E-state index in [0.29, 0.717) is 12.0 Å². The van der Waals surface area contributed by atoms with Crippen LogP contribution in [0, 0.1) is 11.8 Å². The van der Waals surface area contributed by atoms with Crippen LogP contribution in [0.5, 0.6) is 0 Å². The maximum atomic E-state index is 6.01. The number of nitrogens with one attached hydrogen (secondary N) is 1. The van der Waals surface area contributed by atoms with Gasteiger partial charge in [-0.2, -0.15) is 0 Å². The fourth-order valence-electron chi connectivity index (χ4n) is 3.69. The third-order valence-corrected chi connectivity index (χ3v) is 5.07. The lowest BCUT2D eigenvalue weighted by Gasteiger charge is -2.49. The van der Waals surface area contributed by atoms with Crippen molar-refractivity contribution in [2.45, 2.75) is 25.4 Å². The van der Waals surface area contributed by atoms with Gasteiger partial charge in [-0.1, -0.05) is 29.8 Å². The fraction of sp³-hybridized carbons (Fsp3) is 0.529. The second kappa shape index (κ2) is 6.30. The topological polar surface area (TPSA) is 15.3 Å². The third-order valence-electron chi connectivity index (χ3n) is 4.83. The van der Waals surface area contributed by atoms with Crippen LogP contribution in [0.25, 0.3) is 0 Å². The lowest BCUT2D eigenvalue weighted by molar-refractivity contribution is 0.0195. The fourth-order valence-corrected chi connectivity index (χ4v) is 3.90. The van der Waals surface area contributed by atoms with Crippen LogP contribution in [-0.4, -0.2) is 30.6 Å². The molecule has 2 nitrogen and oxygen atoms in total. The van der Waals surface area contributed by atoms with Gasteiger partial charge in [-0.3, -0.25) is 4.90 Å². The van der Waals surface area contributed by atoms with E-state index in [9.17, 15) is 0 Å². The molecule has 3 heteroatoms. The van der Waals surface area contributed by atoms with E-state index in [4.69, 9.17) is 11.6 Å². The molecule has 20 heavy (non-hydrogen) atoms. The van der Waals surface area contributed by atoms with E-state index < -0.39 is 0 Å². The predicted molar refractivity (Wildman–Crippen MR) is 84.9 cm³/mol. The summed E-state index contributed by atoms with van der Waals surface area (Å²) >= 11 is 6.01. The van der Waals surface area contributed by atoms with Crippen LogP contribution in [-0.2, 0) is 6.54 Å². The number of fused-ring (bicyclic) bond motifs is 3. The second-order valence-electron chi connectivity index (χ2n) is 6.09. The van der Waals surface area contributed by atoms with Gasteiger partial charge in [0.2, 0.25) is 0 Å². The van der Waals surface area contributed by atoms with E-state index >= 15 is 0 Å². The molecule has 0 aliphatic carbocycles. The highest BCUT2D eigenvalue weighted by Gasteiger charge is 2.38. The van der Waals surface area contributed by atoms with Crippen molar-refractivity contribution in [1.82, 2.24) is 10.2 Å². The van der Waals surface area contributed by atoms with Crippen molar-refractivity contribution < 1.29 is 0 Å². The number of benzene rings is 1. The van der Waals surface area contributed by atoms with Crippen LogP contribution in [0.3, 0.4) is 0 Å². The molecule has 1 aromatic rings. The summed E-state index contributed by atoms with van der Waals surface area (Å²) in [6.45, 7) is 8.43. The number of piperidine rings is 3. The molecule has 0 saturated carbocycles. The Morgan fingerprint density at radius 3 is 3.05 bits per heavy atom. The Morgan fingerprint density at radius 2 is 2.35 bits per heavy atom. The Hall–Kier alpha value is -0.830. The van der Waals surface area contributed by atoms with Crippen molar-refractivity contribution in [3.63, 3.8) is 0 Å². The lowest BCUT2D eigenvalue weighted by Crippen LogP contribution is -2.55. The number of hydrogen-bond donors (Lipinski definition) is 1. The molecule has 4 atom stereocenters. The molecule has 3 saturated heterocycles. The molecule has 0 spiro atoms. The maximum absolute atomic E-state index is 6.01. The van der Waals surface area contributed by atoms with Crippen LogP contribution < -0.4 is 5.32 Å². The first-order valence-electron chi connectivity index (χ1n) is 7.58. The van der Waals surface area contributed by atoms with Gasteiger partial charge in [0.05, 0.1) is 0 Å². The van der Waals surface area contributed by atoms with E-state index in [1.165, 1.54) is 31.5 Å². The Kier molecular flexibility index (Phi) is 4.45. The minimum absolute atomic E-state index is 0.698. The van der Waals surface area contributed by atoms with Crippen molar-refractivity contribution in [3.8, 4) is 0 Å². The van der Waals surface area contributed by atoms with E-state index in [-0.39, 0.29) is 0 Å². The summed E-state index contributed by atoms with van der Waals surface area (Å²) in [5.74, 6) is 1.57. The monoisotopic (exact) mass is 290 g/mol. The van der Waals surface area contributed by atoms with E-state index in [0.717, 1.165) is 24.0 Å². The van der Waals surface area contributed by atoms with Gasteiger partial charge >= 0.3 is 0 Å². The zero-order chi connectivity index (χ0) is 13.9. The molecule has 108 valence electrons. The Bertz CT molecular complexity index is 474. The van der Waals surface area contributed by atoms with E-state index in [1.54, 1.807) is 0 Å². The zero-order valence-corrected chi connectivity index (χ0v) is 12.6. The number of halogens is 1. The van der Waals surface area contributed by atoms with E-state index in [2.05, 4.69) is 28.9 Å². The van der Waals surface area contributed by atoms with Crippen LogP contribution in [0.4, 0.5) is 0 Å². The Morgan fingerprint density at radius 1 is 1.45 bits per heavy atom. The van der Waals surface area contributed by atoms with Gasteiger partial charge in [0.15, 0.2) is 0 Å². The smallest absolute Gasteiger partial charge is 0.0409 e. The number of rotatable bonds is 5. The van der Waals surface area contributed by atoms with Gasteiger partial charge in [0.25, 0.3) is 0 Å². The molecular weight excluding hydrogens is 268 g/mol. The molecule has 1 N–H and O–H groups in total. The highest BCUT2D eigenvalue weighted by molar-refractivity contribution is 6.30. The van der Waals surface area contributed by atoms with Crippen LogP contribution in [0.15, 0.2) is 36.9 Å². The standard InChI is InChI=1S/C17H23ClN2/c1-2-14-12-20-7-6-15(14)9-17(20)11-19-10-13-4-3-5-16(18)8-13/h2-5,8,14-15,17,19H,1,6-7,9-12H2/t14-,15-,17+/m0/s1. The van der Waals surface area contributed by atoms with Crippen molar-refractivity contribution >= 4 is 11.6 Å². The molecule has 3 aliphatic rings. The first kappa shape index (κ1) is 14.1. The van der Waals surface area contributed by atoms with Crippen molar-refractivity contribution in [2.24, 2.45) is 11.8 Å². The summed E-state index contributed by atoms with van der Waals surface area (Å²) in [5, 5.41) is 4.41. The van der Waals surface area contributed by atoms with Crippen molar-refractivity contribution in [3.05, 3.63) is 47.5 Å². The molecule has 0 radical (unpaired) electrons. The number of nitrogens with zero attached hydrogens (tertiary/aromatic N) is 1. The minimum atomic E-state index is 0.698. The van der Waals surface area contributed by atoms with Crippen LogP contribution in [0.1, 0.15) is 18.4 Å². The molecule has 2 bridgehead atoms. The lowest BCUT2D eigenvalue weighted by atomic mass is 9.75. The minimum Gasteiger partial charge on any atom is -0.311 e. The summed E-state index contributed by atoms with van der Waals surface area (Å²) in [6, 6.07) is 8.80. The van der Waals surface area contributed by atoms with Crippen molar-refractivity contribution in [2.75, 3.05) is 19.6 Å². The molecule has 0 amide bonds. The average molecular weight is 291 g/mol. The molecule has 3 heterocycles.